The van der Waals surface area contributed by atoms with Crippen LogP contribution in [0.25, 0.3) is 11.1 Å². The first-order chi connectivity index (χ1) is 18.9. The number of carbonyl (C=O) groups is 1. The van der Waals surface area contributed by atoms with Gasteiger partial charge in [0, 0.05) is 49.1 Å². The van der Waals surface area contributed by atoms with Crippen molar-refractivity contribution in [3.63, 3.8) is 0 Å². The molecule has 212 valence electrons. The Bertz CT molecular complexity index is 1380. The second-order valence-corrected chi connectivity index (χ2v) is 10.1. The molecule has 0 saturated carbocycles. The number of halogens is 2. The maximum atomic E-state index is 13.4. The van der Waals surface area contributed by atoms with E-state index in [0.29, 0.717) is 36.7 Å². The number of fused-ring (bicyclic) bond motifs is 1. The summed E-state index contributed by atoms with van der Waals surface area (Å²) < 4.78 is 21.0. The highest BCUT2D eigenvalue weighted by molar-refractivity contribution is 5.95. The molecule has 0 aliphatic carbocycles. The molecule has 1 amide bonds. The van der Waals surface area contributed by atoms with Crippen LogP contribution in [0.4, 0.5) is 15.9 Å². The number of nitrogens with zero attached hydrogens (tertiary/aromatic N) is 4. The SMILES string of the molecule is C[C@H]1O[C@@H](n2cc(-c3ccc(C(=O)N4CCNCC4)cc3)c3c2N=CN(Nc2ccc(F)cc2)C3)[C@H](O)[C@@H]1O.Cl. The topological polar surface area (TPSA) is 115 Å². The maximum absolute atomic E-state index is 13.4. The lowest BCUT2D eigenvalue weighted by atomic mass is 10.0. The minimum Gasteiger partial charge on any atom is -0.388 e. The molecule has 2 saturated heterocycles. The van der Waals surface area contributed by atoms with Crippen molar-refractivity contribution in [3.05, 3.63) is 71.7 Å². The minimum absolute atomic E-state index is 0. The molecule has 10 nitrogen and oxygen atoms in total. The Labute approximate surface area is 237 Å². The number of rotatable bonds is 5. The van der Waals surface area contributed by atoms with Gasteiger partial charge in [0.05, 0.1) is 18.3 Å². The highest BCUT2D eigenvalue weighted by Gasteiger charge is 2.43. The van der Waals surface area contributed by atoms with Gasteiger partial charge in [-0.25, -0.2) is 9.38 Å². The van der Waals surface area contributed by atoms with Crippen molar-refractivity contribution in [2.45, 2.75) is 38.0 Å². The fourth-order valence-corrected chi connectivity index (χ4v) is 5.29. The van der Waals surface area contributed by atoms with Crippen molar-refractivity contribution >= 4 is 36.2 Å². The van der Waals surface area contributed by atoms with Crippen molar-refractivity contribution in [2.24, 2.45) is 4.99 Å². The number of ether oxygens (including phenoxy) is 1. The molecule has 2 aromatic carbocycles. The largest absolute Gasteiger partial charge is 0.388 e. The van der Waals surface area contributed by atoms with Crippen LogP contribution in [0.15, 0.2) is 59.7 Å². The zero-order valence-electron chi connectivity index (χ0n) is 21.9. The second-order valence-electron chi connectivity index (χ2n) is 10.1. The van der Waals surface area contributed by atoms with E-state index in [-0.39, 0.29) is 24.1 Å². The Morgan fingerprint density at radius 3 is 2.42 bits per heavy atom. The number of piperazine rings is 1. The molecule has 0 unspecified atom stereocenters. The number of aliphatic imine (C=N–C) groups is 1. The number of hydrogen-bond donors (Lipinski definition) is 4. The normalized spacial score (nSPS) is 24.0. The van der Waals surface area contributed by atoms with Gasteiger partial charge in [-0.1, -0.05) is 12.1 Å². The van der Waals surface area contributed by atoms with Crippen molar-refractivity contribution in [1.82, 2.24) is 19.8 Å². The van der Waals surface area contributed by atoms with Crippen molar-refractivity contribution in [2.75, 3.05) is 31.6 Å². The molecule has 1 aromatic heterocycles. The van der Waals surface area contributed by atoms with Gasteiger partial charge in [-0.15, -0.1) is 12.4 Å². The highest BCUT2D eigenvalue weighted by Crippen LogP contribution is 2.41. The fraction of sp³-hybridized carbons (Fsp3) is 0.357. The molecule has 4 heterocycles. The summed E-state index contributed by atoms with van der Waals surface area (Å²) in [6.45, 7) is 5.07. The lowest BCUT2D eigenvalue weighted by Crippen LogP contribution is -2.46. The Kier molecular flexibility index (Phi) is 8.11. The summed E-state index contributed by atoms with van der Waals surface area (Å²) in [7, 11) is 0. The number of nitrogens with one attached hydrogen (secondary N) is 2. The second kappa shape index (κ2) is 11.6. The van der Waals surface area contributed by atoms with Crippen LogP contribution in [0.1, 0.15) is 29.1 Å². The number of anilines is 1. The van der Waals surface area contributed by atoms with Gasteiger partial charge >= 0.3 is 0 Å². The average molecular weight is 571 g/mol. The third-order valence-electron chi connectivity index (χ3n) is 7.47. The molecular formula is C28H32ClFN6O4. The molecule has 3 aliphatic rings. The molecule has 3 aliphatic heterocycles. The van der Waals surface area contributed by atoms with Crippen LogP contribution in [-0.2, 0) is 11.3 Å². The molecule has 6 rings (SSSR count). The van der Waals surface area contributed by atoms with E-state index in [1.165, 1.54) is 12.1 Å². The van der Waals surface area contributed by atoms with Crippen molar-refractivity contribution < 1.29 is 24.1 Å². The molecule has 12 heteroatoms. The Morgan fingerprint density at radius 2 is 1.77 bits per heavy atom. The van der Waals surface area contributed by atoms with Crippen LogP contribution in [0.5, 0.6) is 0 Å². The highest BCUT2D eigenvalue weighted by atomic mass is 35.5. The van der Waals surface area contributed by atoms with E-state index in [9.17, 15) is 19.4 Å². The summed E-state index contributed by atoms with van der Waals surface area (Å²) in [5, 5.41) is 26.1. The van der Waals surface area contributed by atoms with Gasteiger partial charge in [-0.05, 0) is 48.9 Å². The summed E-state index contributed by atoms with van der Waals surface area (Å²) in [6, 6.07) is 13.5. The molecule has 4 atom stereocenters. The smallest absolute Gasteiger partial charge is 0.253 e. The average Bonchev–Trinajstić information content (AvgIpc) is 3.46. The summed E-state index contributed by atoms with van der Waals surface area (Å²) in [5.74, 6) is 0.292. The van der Waals surface area contributed by atoms with Crippen LogP contribution >= 0.6 is 12.4 Å². The molecule has 0 radical (unpaired) electrons. The molecule has 3 aromatic rings. The minimum atomic E-state index is -1.12. The van der Waals surface area contributed by atoms with Gasteiger partial charge in [-0.2, -0.15) is 0 Å². The van der Waals surface area contributed by atoms with Crippen LogP contribution in [0, 0.1) is 5.82 Å². The molecular weight excluding hydrogens is 539 g/mol. The number of aliphatic hydroxyl groups excluding tert-OH is 2. The van der Waals surface area contributed by atoms with E-state index in [1.54, 1.807) is 35.0 Å². The first-order valence-corrected chi connectivity index (χ1v) is 13.1. The monoisotopic (exact) mass is 570 g/mol. The Morgan fingerprint density at radius 1 is 1.07 bits per heavy atom. The summed E-state index contributed by atoms with van der Waals surface area (Å²) in [6.07, 6.45) is 0.0215. The Balaban J connectivity index is 0.00000323. The van der Waals surface area contributed by atoms with E-state index in [4.69, 9.17) is 4.74 Å². The fourth-order valence-electron chi connectivity index (χ4n) is 5.29. The van der Waals surface area contributed by atoms with E-state index in [2.05, 4.69) is 15.7 Å². The number of aromatic nitrogens is 1. The summed E-state index contributed by atoms with van der Waals surface area (Å²) >= 11 is 0. The van der Waals surface area contributed by atoms with Gasteiger partial charge in [0.2, 0.25) is 0 Å². The Hall–Kier alpha value is -3.48. The molecule has 4 N–H and O–H groups in total. The lowest BCUT2D eigenvalue weighted by molar-refractivity contribution is -0.0308. The third kappa shape index (κ3) is 5.30. The number of hydrogen-bond acceptors (Lipinski definition) is 8. The van der Waals surface area contributed by atoms with E-state index >= 15 is 0 Å². The first kappa shape index (κ1) is 28.1. The number of aliphatic hydroxyl groups is 2. The first-order valence-electron chi connectivity index (χ1n) is 13.1. The number of amides is 1. The van der Waals surface area contributed by atoms with Crippen LogP contribution < -0.4 is 10.7 Å². The summed E-state index contributed by atoms with van der Waals surface area (Å²) in [5.41, 5.74) is 7.16. The van der Waals surface area contributed by atoms with E-state index < -0.39 is 24.5 Å². The predicted octanol–water partition coefficient (Wildman–Crippen LogP) is 2.90. The van der Waals surface area contributed by atoms with Crippen LogP contribution in [0.3, 0.4) is 0 Å². The van der Waals surface area contributed by atoms with Gasteiger partial charge in [0.15, 0.2) is 6.23 Å². The van der Waals surface area contributed by atoms with Crippen molar-refractivity contribution in [1.29, 1.82) is 0 Å². The predicted molar refractivity (Wildman–Crippen MR) is 151 cm³/mol. The van der Waals surface area contributed by atoms with E-state index in [1.807, 2.05) is 35.4 Å². The third-order valence-corrected chi connectivity index (χ3v) is 7.47. The molecule has 0 bridgehead atoms. The molecule has 2 fully saturated rings. The number of carbonyl (C=O) groups excluding carboxylic acids is 1. The number of benzene rings is 2. The lowest BCUT2D eigenvalue weighted by Gasteiger charge is -2.27. The van der Waals surface area contributed by atoms with Crippen LogP contribution in [0.2, 0.25) is 0 Å². The van der Waals surface area contributed by atoms with Gasteiger partial charge < -0.3 is 29.7 Å². The van der Waals surface area contributed by atoms with Crippen molar-refractivity contribution in [3.8, 4) is 11.1 Å². The van der Waals surface area contributed by atoms with Gasteiger partial charge in [-0.3, -0.25) is 15.2 Å². The molecule has 40 heavy (non-hydrogen) atoms. The zero-order valence-corrected chi connectivity index (χ0v) is 22.7. The maximum Gasteiger partial charge on any atom is 0.253 e. The standard InChI is InChI=1S/C28H31FN6O4.ClH/c1-17-24(36)25(37)28(39-17)35-15-22(18-2-4-19(5-3-18)27(38)33-12-10-30-11-13-33)23-14-34(16-31-26(23)35)32-21-8-6-20(29)7-9-21;/h2-9,15-17,24-25,28,30,32,36-37H,10-14H2,1H3;1H/t17-,24-,25-,28-;/m1./s1. The summed E-state index contributed by atoms with van der Waals surface area (Å²) in [4.78, 5) is 19.5. The van der Waals surface area contributed by atoms with Gasteiger partial charge in [0.1, 0.15) is 30.2 Å². The molecule has 0 spiro atoms. The number of hydrazine groups is 1. The van der Waals surface area contributed by atoms with Gasteiger partial charge in [0.25, 0.3) is 5.91 Å². The quantitative estimate of drug-likeness (QED) is 0.373. The van der Waals surface area contributed by atoms with Crippen LogP contribution in [-0.4, -0.2) is 81.4 Å². The zero-order chi connectivity index (χ0) is 27.1. The van der Waals surface area contributed by atoms with E-state index in [0.717, 1.165) is 29.8 Å².